The molecule has 6 heteroatoms. The molecule has 0 radical (unpaired) electrons. The van der Waals surface area contributed by atoms with Gasteiger partial charge in [0.15, 0.2) is 0 Å². The maximum absolute atomic E-state index is 12.3. The molecule has 1 atom stereocenters. The van der Waals surface area contributed by atoms with Crippen LogP contribution in [-0.4, -0.2) is 53.6 Å². The molecule has 2 aliphatic rings. The summed E-state index contributed by atoms with van der Waals surface area (Å²) < 4.78 is 5.36. The van der Waals surface area contributed by atoms with Crippen LogP contribution in [0, 0.1) is 5.41 Å². The number of aliphatic hydroxyl groups excluding tert-OH is 1. The standard InChI is InChI=1S/C16H27N3O3/c1-16(2,3)13(20)10-14(17)18-15(21)12-4-7-19(12)11-5-8-22-9-6-11/h10-12,20H,4-9H2,1-3H3,(H2,17,18,21)/b13-10-. The largest absolute Gasteiger partial charge is 0.512 e. The Kier molecular flexibility index (Phi) is 5.24. The number of nitrogens with zero attached hydrogens (tertiary/aromatic N) is 2. The summed E-state index contributed by atoms with van der Waals surface area (Å²) in [5.74, 6) is -0.0269. The van der Waals surface area contributed by atoms with Gasteiger partial charge >= 0.3 is 0 Å². The predicted molar refractivity (Wildman–Crippen MR) is 85.7 cm³/mol. The number of rotatable bonds is 3. The number of allylic oxidation sites excluding steroid dienone is 1. The molecule has 0 aromatic heterocycles. The van der Waals surface area contributed by atoms with Crippen LogP contribution in [0.1, 0.15) is 40.0 Å². The number of hydrogen-bond donors (Lipinski definition) is 2. The Balaban J connectivity index is 1.98. The van der Waals surface area contributed by atoms with Crippen molar-refractivity contribution in [2.75, 3.05) is 19.8 Å². The van der Waals surface area contributed by atoms with Crippen LogP contribution in [0.15, 0.2) is 16.8 Å². The van der Waals surface area contributed by atoms with Crippen LogP contribution in [0.25, 0.3) is 0 Å². The molecule has 2 fully saturated rings. The number of hydrogen-bond acceptors (Lipinski definition) is 4. The molecule has 6 nitrogen and oxygen atoms in total. The number of carbonyl (C=O) groups is 1. The lowest BCUT2D eigenvalue weighted by Crippen LogP contribution is -2.57. The van der Waals surface area contributed by atoms with Crippen LogP contribution in [-0.2, 0) is 9.53 Å². The second kappa shape index (κ2) is 6.79. The van der Waals surface area contributed by atoms with E-state index in [1.54, 1.807) is 0 Å². The molecule has 3 N–H and O–H groups in total. The van der Waals surface area contributed by atoms with E-state index in [9.17, 15) is 9.90 Å². The molecular weight excluding hydrogens is 282 g/mol. The lowest BCUT2D eigenvalue weighted by molar-refractivity contribution is -0.131. The highest BCUT2D eigenvalue weighted by molar-refractivity contribution is 6.01. The molecule has 1 amide bonds. The summed E-state index contributed by atoms with van der Waals surface area (Å²) in [4.78, 5) is 18.4. The van der Waals surface area contributed by atoms with Crippen molar-refractivity contribution < 1.29 is 14.6 Å². The number of likely N-dealkylation sites (tertiary alicyclic amines) is 1. The molecule has 1 unspecified atom stereocenters. The van der Waals surface area contributed by atoms with E-state index in [1.165, 1.54) is 6.08 Å². The van der Waals surface area contributed by atoms with Crippen molar-refractivity contribution in [2.45, 2.75) is 52.1 Å². The van der Waals surface area contributed by atoms with Gasteiger partial charge in [0, 0.05) is 37.3 Å². The highest BCUT2D eigenvalue weighted by atomic mass is 16.5. The third-order valence-corrected chi connectivity index (χ3v) is 4.30. The fourth-order valence-corrected chi connectivity index (χ4v) is 2.72. The van der Waals surface area contributed by atoms with Crippen LogP contribution in [0.4, 0.5) is 0 Å². The van der Waals surface area contributed by atoms with Gasteiger partial charge in [-0.05, 0) is 19.3 Å². The number of amidine groups is 1. The summed E-state index contributed by atoms with van der Waals surface area (Å²) in [5, 5.41) is 9.90. The zero-order valence-corrected chi connectivity index (χ0v) is 13.7. The van der Waals surface area contributed by atoms with E-state index in [1.807, 2.05) is 20.8 Å². The minimum absolute atomic E-state index is 0.0660. The van der Waals surface area contributed by atoms with E-state index in [4.69, 9.17) is 10.5 Å². The molecule has 0 aromatic carbocycles. The summed E-state index contributed by atoms with van der Waals surface area (Å²) in [6.07, 6.45) is 4.12. The van der Waals surface area contributed by atoms with Gasteiger partial charge in [-0.25, -0.2) is 0 Å². The maximum Gasteiger partial charge on any atom is 0.265 e. The van der Waals surface area contributed by atoms with Gasteiger partial charge < -0.3 is 15.6 Å². The molecule has 2 rings (SSSR count). The SMILES string of the molecule is CC(C)(C)/C(O)=C/C(N)=NC(=O)C1CCN1C1CCOCC1. The number of aliphatic imine (C=N–C) groups is 1. The lowest BCUT2D eigenvalue weighted by atomic mass is 9.93. The maximum atomic E-state index is 12.3. The van der Waals surface area contributed by atoms with Gasteiger partial charge in [-0.3, -0.25) is 9.69 Å². The van der Waals surface area contributed by atoms with Gasteiger partial charge in [0.1, 0.15) is 11.6 Å². The molecule has 0 saturated carbocycles. The average Bonchev–Trinajstić information content (AvgIpc) is 2.37. The Labute approximate surface area is 132 Å². The quantitative estimate of drug-likeness (QED) is 0.470. The number of carbonyl (C=O) groups excluding carboxylic acids is 1. The summed E-state index contributed by atoms with van der Waals surface area (Å²) in [6.45, 7) is 8.05. The normalized spacial score (nSPS) is 25.9. The second-order valence-electron chi connectivity index (χ2n) is 7.04. The van der Waals surface area contributed by atoms with E-state index in [-0.39, 0.29) is 23.5 Å². The molecule has 22 heavy (non-hydrogen) atoms. The summed E-state index contributed by atoms with van der Waals surface area (Å²) in [7, 11) is 0. The first-order valence-electron chi connectivity index (χ1n) is 7.91. The van der Waals surface area contributed by atoms with Crippen molar-refractivity contribution in [1.82, 2.24) is 4.90 Å². The van der Waals surface area contributed by atoms with Crippen molar-refractivity contribution in [3.8, 4) is 0 Å². The number of amides is 1. The molecule has 0 aromatic rings. The van der Waals surface area contributed by atoms with E-state index in [0.29, 0.717) is 6.04 Å². The molecule has 2 aliphatic heterocycles. The fraction of sp³-hybridized carbons (Fsp3) is 0.750. The van der Waals surface area contributed by atoms with Gasteiger partial charge in [0.2, 0.25) is 0 Å². The van der Waals surface area contributed by atoms with Crippen molar-refractivity contribution in [3.63, 3.8) is 0 Å². The first-order valence-corrected chi connectivity index (χ1v) is 7.91. The molecule has 0 bridgehead atoms. The van der Waals surface area contributed by atoms with Gasteiger partial charge in [-0.15, -0.1) is 0 Å². The van der Waals surface area contributed by atoms with Crippen molar-refractivity contribution in [3.05, 3.63) is 11.8 Å². The first kappa shape index (κ1) is 17.0. The van der Waals surface area contributed by atoms with Gasteiger partial charge in [-0.2, -0.15) is 4.99 Å². The van der Waals surface area contributed by atoms with E-state index in [0.717, 1.165) is 39.0 Å². The Bertz CT molecular complexity index is 474. The predicted octanol–water partition coefficient (Wildman–Crippen LogP) is 1.61. The molecule has 124 valence electrons. The summed E-state index contributed by atoms with van der Waals surface area (Å²) in [6, 6.07) is 0.234. The van der Waals surface area contributed by atoms with Crippen molar-refractivity contribution in [1.29, 1.82) is 0 Å². The first-order chi connectivity index (χ1) is 10.3. The molecule has 2 saturated heterocycles. The van der Waals surface area contributed by atoms with Crippen molar-refractivity contribution >= 4 is 11.7 Å². The van der Waals surface area contributed by atoms with Crippen LogP contribution in [0.5, 0.6) is 0 Å². The molecule has 0 spiro atoms. The second-order valence-corrected chi connectivity index (χ2v) is 7.04. The summed E-state index contributed by atoms with van der Waals surface area (Å²) in [5.41, 5.74) is 5.36. The smallest absolute Gasteiger partial charge is 0.265 e. The van der Waals surface area contributed by atoms with Crippen LogP contribution < -0.4 is 5.73 Å². The third kappa shape index (κ3) is 4.08. The van der Waals surface area contributed by atoms with Gasteiger partial charge in [0.05, 0.1) is 6.04 Å². The number of ether oxygens (including phenoxy) is 1. The zero-order chi connectivity index (χ0) is 16.3. The Morgan fingerprint density at radius 1 is 1.32 bits per heavy atom. The zero-order valence-electron chi connectivity index (χ0n) is 13.7. The van der Waals surface area contributed by atoms with Crippen LogP contribution >= 0.6 is 0 Å². The van der Waals surface area contributed by atoms with E-state index < -0.39 is 5.41 Å². The average molecular weight is 309 g/mol. The van der Waals surface area contributed by atoms with E-state index in [2.05, 4.69) is 9.89 Å². The minimum Gasteiger partial charge on any atom is -0.512 e. The Morgan fingerprint density at radius 2 is 1.95 bits per heavy atom. The number of aliphatic hydroxyl groups is 1. The van der Waals surface area contributed by atoms with Crippen LogP contribution in [0.3, 0.4) is 0 Å². The van der Waals surface area contributed by atoms with E-state index >= 15 is 0 Å². The Hall–Kier alpha value is -1.40. The fourth-order valence-electron chi connectivity index (χ4n) is 2.72. The van der Waals surface area contributed by atoms with Gasteiger partial charge in [0.25, 0.3) is 5.91 Å². The van der Waals surface area contributed by atoms with Crippen LogP contribution in [0.2, 0.25) is 0 Å². The highest BCUT2D eigenvalue weighted by Gasteiger charge is 2.39. The lowest BCUT2D eigenvalue weighted by Gasteiger charge is -2.45. The van der Waals surface area contributed by atoms with Gasteiger partial charge in [-0.1, -0.05) is 20.8 Å². The minimum atomic E-state index is -0.409. The van der Waals surface area contributed by atoms with Crippen molar-refractivity contribution in [2.24, 2.45) is 16.1 Å². The highest BCUT2D eigenvalue weighted by Crippen LogP contribution is 2.27. The number of nitrogens with two attached hydrogens (primary N) is 1. The third-order valence-electron chi connectivity index (χ3n) is 4.30. The molecular formula is C16H27N3O3. The topological polar surface area (TPSA) is 88.2 Å². The monoisotopic (exact) mass is 309 g/mol. The molecule has 2 heterocycles. The summed E-state index contributed by atoms with van der Waals surface area (Å²) >= 11 is 0. The molecule has 0 aliphatic carbocycles. The Morgan fingerprint density at radius 3 is 2.45 bits per heavy atom.